The summed E-state index contributed by atoms with van der Waals surface area (Å²) < 4.78 is 34.9. The van der Waals surface area contributed by atoms with Gasteiger partial charge in [0.1, 0.15) is 0 Å². The number of fused-ring (bicyclic) bond motifs is 1. The molecule has 2 aliphatic carbocycles. The molecule has 0 aromatic heterocycles. The average molecular weight is 525 g/mol. The van der Waals surface area contributed by atoms with Gasteiger partial charge < -0.3 is 4.74 Å². The Morgan fingerprint density at radius 1 is 0.917 bits per heavy atom. The summed E-state index contributed by atoms with van der Waals surface area (Å²) in [6.45, 7) is 9.67. The van der Waals surface area contributed by atoms with E-state index in [0.717, 1.165) is 62.8 Å². The van der Waals surface area contributed by atoms with Crippen molar-refractivity contribution in [1.82, 2.24) is 19.4 Å². The monoisotopic (exact) mass is 524 g/mol. The zero-order valence-electron chi connectivity index (χ0n) is 23.3. The summed E-state index contributed by atoms with van der Waals surface area (Å²) in [6, 6.07) is 0.784. The van der Waals surface area contributed by atoms with E-state index in [1.165, 1.54) is 44.9 Å². The van der Waals surface area contributed by atoms with Crippen molar-refractivity contribution in [2.24, 2.45) is 35.5 Å². The zero-order valence-corrected chi connectivity index (χ0v) is 24.1. The fourth-order valence-electron chi connectivity index (χ4n) is 8.88. The van der Waals surface area contributed by atoms with E-state index in [1.54, 1.807) is 0 Å². The largest absolute Gasteiger partial charge is 0.383 e. The summed E-state index contributed by atoms with van der Waals surface area (Å²) in [6.07, 6.45) is 11.6. The first kappa shape index (κ1) is 27.3. The molecule has 36 heavy (non-hydrogen) atoms. The second-order valence-corrected chi connectivity index (χ2v) is 14.9. The number of methoxy groups -OCH3 is 1. The number of hydrogen-bond donors (Lipinski definition) is 1. The van der Waals surface area contributed by atoms with Crippen molar-refractivity contribution in [3.63, 3.8) is 0 Å². The van der Waals surface area contributed by atoms with Crippen LogP contribution < -0.4 is 5.32 Å². The molecule has 0 aromatic carbocycles. The van der Waals surface area contributed by atoms with Gasteiger partial charge in [0, 0.05) is 45.4 Å². The minimum absolute atomic E-state index is 0.335. The van der Waals surface area contributed by atoms with Crippen LogP contribution in [0.25, 0.3) is 0 Å². The molecule has 7 nitrogen and oxygen atoms in total. The predicted octanol–water partition coefficient (Wildman–Crippen LogP) is 3.42. The first-order valence-corrected chi connectivity index (χ1v) is 16.5. The van der Waals surface area contributed by atoms with Crippen LogP contribution in [0.4, 0.5) is 0 Å². The molecule has 3 heterocycles. The number of hydrogen-bond acceptors (Lipinski definition) is 6. The molecular weight excluding hydrogens is 472 g/mol. The quantitative estimate of drug-likeness (QED) is 0.574. The fourth-order valence-corrected chi connectivity index (χ4v) is 10.8. The Balaban J connectivity index is 1.28. The van der Waals surface area contributed by atoms with Gasteiger partial charge in [-0.1, -0.05) is 26.7 Å². The minimum atomic E-state index is -3.40. The average Bonchev–Trinajstić information content (AvgIpc) is 3.29. The lowest BCUT2D eigenvalue weighted by molar-refractivity contribution is -0.128. The highest BCUT2D eigenvalue weighted by Crippen LogP contribution is 2.50. The molecule has 208 valence electrons. The summed E-state index contributed by atoms with van der Waals surface area (Å²) in [5.74, 6) is 4.82. The van der Waals surface area contributed by atoms with Crippen LogP contribution in [0.5, 0.6) is 0 Å². The van der Waals surface area contributed by atoms with Crippen molar-refractivity contribution in [2.75, 3.05) is 53.5 Å². The van der Waals surface area contributed by atoms with Gasteiger partial charge in [-0.2, -0.15) is 4.31 Å². The second-order valence-electron chi connectivity index (χ2n) is 12.9. The Morgan fingerprint density at radius 3 is 2.33 bits per heavy atom. The molecule has 0 amide bonds. The molecule has 5 unspecified atom stereocenters. The highest BCUT2D eigenvalue weighted by Gasteiger charge is 2.54. The second kappa shape index (κ2) is 11.5. The van der Waals surface area contributed by atoms with Crippen molar-refractivity contribution in [3.05, 3.63) is 0 Å². The van der Waals surface area contributed by atoms with Crippen molar-refractivity contribution < 1.29 is 13.2 Å². The van der Waals surface area contributed by atoms with Crippen molar-refractivity contribution >= 4 is 10.0 Å². The maximum Gasteiger partial charge on any atom is 0.244 e. The van der Waals surface area contributed by atoms with Gasteiger partial charge in [0.2, 0.25) is 10.0 Å². The molecule has 3 saturated heterocycles. The Hall–Kier alpha value is -0.250. The standard InChI is InChI=1S/C28H52N4O3S/c1-20-8-7-9-24(21(20)2)22-10-12-23(13-11-22)27-25-18-31(36(33,34)28-29-14-17-30(28)3)15-5-6-16-32(25)26(27)19-35-4/h20-29H,5-19H2,1-4H3/t20?,21?,22?,23?,24?,25?,26-,27+,28?/m1/s1. The SMILES string of the molecule is COC[C@@H]1[C@@H](C2CCC(C3CCCC(C)C3C)CC2)C2CN(S(=O)(=O)C3NCCN3C)CCCCN21. The third-order valence-corrected chi connectivity index (χ3v) is 13.2. The topological polar surface area (TPSA) is 65.1 Å². The highest BCUT2D eigenvalue weighted by atomic mass is 32.2. The van der Waals surface area contributed by atoms with Gasteiger partial charge in [-0.15, -0.1) is 0 Å². The molecule has 0 spiro atoms. The van der Waals surface area contributed by atoms with Gasteiger partial charge >= 0.3 is 0 Å². The molecule has 1 N–H and O–H groups in total. The van der Waals surface area contributed by atoms with Gasteiger partial charge in [-0.3, -0.25) is 15.1 Å². The molecular formula is C28H52N4O3S. The predicted molar refractivity (Wildman–Crippen MR) is 145 cm³/mol. The molecule has 2 saturated carbocycles. The van der Waals surface area contributed by atoms with Crippen LogP contribution in [0.3, 0.4) is 0 Å². The summed E-state index contributed by atoms with van der Waals surface area (Å²) in [5.41, 5.74) is -0.575. The van der Waals surface area contributed by atoms with Crippen LogP contribution >= 0.6 is 0 Å². The lowest BCUT2D eigenvalue weighted by Gasteiger charge is -2.60. The number of likely N-dealkylation sites (N-methyl/N-ethyl adjacent to an activating group) is 1. The van der Waals surface area contributed by atoms with Gasteiger partial charge in [0.05, 0.1) is 6.61 Å². The fraction of sp³-hybridized carbons (Fsp3) is 1.00. The molecule has 5 rings (SSSR count). The third kappa shape index (κ3) is 5.16. The summed E-state index contributed by atoms with van der Waals surface area (Å²) in [7, 11) is 0.350. The lowest BCUT2D eigenvalue weighted by atomic mass is 9.60. The smallest absolute Gasteiger partial charge is 0.244 e. The Morgan fingerprint density at radius 2 is 1.64 bits per heavy atom. The Labute approximate surface area is 220 Å². The number of nitrogens with zero attached hydrogens (tertiary/aromatic N) is 3. The van der Waals surface area contributed by atoms with E-state index in [0.29, 0.717) is 37.0 Å². The van der Waals surface area contributed by atoms with E-state index in [4.69, 9.17) is 4.74 Å². The Bertz CT molecular complexity index is 833. The van der Waals surface area contributed by atoms with E-state index in [-0.39, 0.29) is 0 Å². The van der Waals surface area contributed by atoms with E-state index in [2.05, 4.69) is 24.1 Å². The van der Waals surface area contributed by atoms with E-state index in [9.17, 15) is 8.42 Å². The number of sulfonamides is 1. The van der Waals surface area contributed by atoms with Crippen molar-refractivity contribution in [3.8, 4) is 0 Å². The highest BCUT2D eigenvalue weighted by molar-refractivity contribution is 7.89. The normalized spacial score (nSPS) is 43.9. The zero-order chi connectivity index (χ0) is 25.4. The van der Waals surface area contributed by atoms with Crippen LogP contribution in [0.2, 0.25) is 0 Å². The van der Waals surface area contributed by atoms with Crippen LogP contribution in [0, 0.1) is 35.5 Å². The van der Waals surface area contributed by atoms with Crippen LogP contribution in [0.1, 0.15) is 71.6 Å². The molecule has 0 aromatic rings. The third-order valence-electron chi connectivity index (χ3n) is 11.1. The summed E-state index contributed by atoms with van der Waals surface area (Å²) in [5, 5.41) is 3.23. The summed E-state index contributed by atoms with van der Waals surface area (Å²) in [4.78, 5) is 4.56. The lowest BCUT2D eigenvalue weighted by Crippen LogP contribution is -2.71. The van der Waals surface area contributed by atoms with Crippen LogP contribution in [-0.4, -0.2) is 93.6 Å². The van der Waals surface area contributed by atoms with E-state index >= 15 is 0 Å². The van der Waals surface area contributed by atoms with Gasteiger partial charge in [0.25, 0.3) is 0 Å². The molecule has 8 heteroatoms. The van der Waals surface area contributed by atoms with Gasteiger partial charge in [-0.05, 0) is 94.0 Å². The molecule has 5 fully saturated rings. The number of nitrogens with one attached hydrogen (secondary N) is 1. The maximum atomic E-state index is 13.7. The summed E-state index contributed by atoms with van der Waals surface area (Å²) >= 11 is 0. The van der Waals surface area contributed by atoms with E-state index in [1.807, 2.05) is 23.4 Å². The Kier molecular flexibility index (Phi) is 8.70. The van der Waals surface area contributed by atoms with Crippen molar-refractivity contribution in [2.45, 2.75) is 89.2 Å². The van der Waals surface area contributed by atoms with Crippen molar-refractivity contribution in [1.29, 1.82) is 0 Å². The molecule has 7 atom stereocenters. The molecule has 3 aliphatic heterocycles. The van der Waals surface area contributed by atoms with Crippen LogP contribution in [0.15, 0.2) is 0 Å². The molecule has 0 radical (unpaired) electrons. The van der Waals surface area contributed by atoms with Gasteiger partial charge in [-0.25, -0.2) is 8.42 Å². The number of rotatable bonds is 6. The molecule has 0 bridgehead atoms. The first-order chi connectivity index (χ1) is 17.3. The molecule has 5 aliphatic rings. The first-order valence-electron chi connectivity index (χ1n) is 15.0. The van der Waals surface area contributed by atoms with Crippen LogP contribution in [-0.2, 0) is 14.8 Å². The maximum absolute atomic E-state index is 13.7. The number of ether oxygens (including phenoxy) is 1. The van der Waals surface area contributed by atoms with Gasteiger partial charge in [0.15, 0.2) is 5.50 Å². The minimum Gasteiger partial charge on any atom is -0.383 e. The van der Waals surface area contributed by atoms with E-state index < -0.39 is 15.5 Å².